The van der Waals surface area contributed by atoms with E-state index in [1.807, 2.05) is 25.1 Å². The van der Waals surface area contributed by atoms with Crippen molar-refractivity contribution in [3.05, 3.63) is 46.5 Å². The molecule has 2 amide bonds. The Bertz CT molecular complexity index is 789. The van der Waals surface area contributed by atoms with Gasteiger partial charge >= 0.3 is 0 Å². The molecule has 1 aliphatic rings. The standard InChI is InChI=1S/C19H24N4O2S/c1-3-23-10-6-8-14(23)11-20-18(25)16-12-26-19(21-16)22-17(24)15-9-5-4-7-13(15)2/h4-5,7,9,12,14H,3,6,8,10-11H2,1-2H3,(H,20,25)(H,21,22,24)/t14-/m0/s1. The number of thiazole rings is 1. The molecule has 0 bridgehead atoms. The summed E-state index contributed by atoms with van der Waals surface area (Å²) in [5.41, 5.74) is 1.85. The van der Waals surface area contributed by atoms with E-state index in [0.717, 1.165) is 25.1 Å². The normalized spacial score (nSPS) is 17.2. The van der Waals surface area contributed by atoms with Gasteiger partial charge in [0.15, 0.2) is 5.13 Å². The Balaban J connectivity index is 1.56. The molecule has 6 nitrogen and oxygen atoms in total. The van der Waals surface area contributed by atoms with Gasteiger partial charge < -0.3 is 5.32 Å². The zero-order chi connectivity index (χ0) is 18.5. The number of aromatic nitrogens is 1. The third-order valence-corrected chi connectivity index (χ3v) is 5.51. The van der Waals surface area contributed by atoms with Crippen LogP contribution in [0.3, 0.4) is 0 Å². The summed E-state index contributed by atoms with van der Waals surface area (Å²) >= 11 is 1.26. The van der Waals surface area contributed by atoms with Crippen LogP contribution in [0.1, 0.15) is 46.2 Å². The second-order valence-electron chi connectivity index (χ2n) is 6.44. The van der Waals surface area contributed by atoms with Gasteiger partial charge in [-0.3, -0.25) is 19.8 Å². The molecule has 7 heteroatoms. The van der Waals surface area contributed by atoms with Gasteiger partial charge in [0.05, 0.1) is 0 Å². The van der Waals surface area contributed by atoms with Gasteiger partial charge in [0.1, 0.15) is 5.69 Å². The number of hydrogen-bond acceptors (Lipinski definition) is 5. The van der Waals surface area contributed by atoms with E-state index >= 15 is 0 Å². The van der Waals surface area contributed by atoms with E-state index in [0.29, 0.717) is 29.0 Å². The van der Waals surface area contributed by atoms with Crippen LogP contribution in [0, 0.1) is 6.92 Å². The maximum atomic E-state index is 12.3. The third kappa shape index (κ3) is 4.28. The number of likely N-dealkylation sites (tertiary alicyclic amines) is 1. The first-order chi connectivity index (χ1) is 12.6. The van der Waals surface area contributed by atoms with E-state index < -0.39 is 0 Å². The number of anilines is 1. The Morgan fingerprint density at radius 3 is 2.88 bits per heavy atom. The van der Waals surface area contributed by atoms with Gasteiger partial charge in [-0.15, -0.1) is 11.3 Å². The number of rotatable bonds is 6. The predicted molar refractivity (Wildman–Crippen MR) is 104 cm³/mol. The van der Waals surface area contributed by atoms with Crippen LogP contribution in [-0.4, -0.2) is 47.4 Å². The van der Waals surface area contributed by atoms with E-state index in [9.17, 15) is 9.59 Å². The highest BCUT2D eigenvalue weighted by atomic mass is 32.1. The van der Waals surface area contributed by atoms with Crippen LogP contribution in [0.4, 0.5) is 5.13 Å². The third-order valence-electron chi connectivity index (χ3n) is 4.75. The summed E-state index contributed by atoms with van der Waals surface area (Å²) < 4.78 is 0. The molecule has 0 aliphatic carbocycles. The molecular weight excluding hydrogens is 348 g/mol. The van der Waals surface area contributed by atoms with Gasteiger partial charge in [-0.25, -0.2) is 4.98 Å². The molecular formula is C19H24N4O2S. The summed E-state index contributed by atoms with van der Waals surface area (Å²) in [7, 11) is 0. The van der Waals surface area contributed by atoms with Crippen LogP contribution in [0.2, 0.25) is 0 Å². The molecule has 0 saturated carbocycles. The van der Waals surface area contributed by atoms with Gasteiger partial charge in [-0.2, -0.15) is 0 Å². The molecule has 1 aromatic carbocycles. The van der Waals surface area contributed by atoms with E-state index in [2.05, 4.69) is 27.4 Å². The second-order valence-corrected chi connectivity index (χ2v) is 7.30. The van der Waals surface area contributed by atoms with Crippen molar-refractivity contribution in [2.24, 2.45) is 0 Å². The molecule has 0 radical (unpaired) electrons. The molecule has 2 heterocycles. The van der Waals surface area contributed by atoms with Crippen molar-refractivity contribution in [2.75, 3.05) is 25.0 Å². The molecule has 1 aliphatic heterocycles. The Kier molecular flexibility index (Phi) is 6.00. The maximum Gasteiger partial charge on any atom is 0.270 e. The van der Waals surface area contributed by atoms with Crippen molar-refractivity contribution < 1.29 is 9.59 Å². The van der Waals surface area contributed by atoms with Crippen LogP contribution in [0.15, 0.2) is 29.6 Å². The number of nitrogens with one attached hydrogen (secondary N) is 2. The van der Waals surface area contributed by atoms with E-state index in [1.165, 1.54) is 17.8 Å². The average Bonchev–Trinajstić information content (AvgIpc) is 3.29. The highest BCUT2D eigenvalue weighted by Crippen LogP contribution is 2.18. The van der Waals surface area contributed by atoms with Gasteiger partial charge in [0.2, 0.25) is 0 Å². The molecule has 1 saturated heterocycles. The van der Waals surface area contributed by atoms with Crippen molar-refractivity contribution in [1.82, 2.24) is 15.2 Å². The molecule has 1 aromatic heterocycles. The number of hydrogen-bond donors (Lipinski definition) is 2. The Morgan fingerprint density at radius 1 is 1.31 bits per heavy atom. The zero-order valence-electron chi connectivity index (χ0n) is 15.1. The van der Waals surface area contributed by atoms with E-state index in [1.54, 1.807) is 11.4 Å². The van der Waals surface area contributed by atoms with Crippen molar-refractivity contribution in [1.29, 1.82) is 0 Å². The molecule has 1 fully saturated rings. The summed E-state index contributed by atoms with van der Waals surface area (Å²) in [6.07, 6.45) is 2.29. The lowest BCUT2D eigenvalue weighted by Crippen LogP contribution is -2.40. The van der Waals surface area contributed by atoms with Crippen molar-refractivity contribution in [2.45, 2.75) is 32.7 Å². The van der Waals surface area contributed by atoms with Crippen LogP contribution in [0.5, 0.6) is 0 Å². The summed E-state index contributed by atoms with van der Waals surface area (Å²) in [5, 5.41) is 7.84. The monoisotopic (exact) mass is 372 g/mol. The SMILES string of the molecule is CCN1CCC[C@H]1CNC(=O)c1csc(NC(=O)c2ccccc2C)n1. The van der Waals surface area contributed by atoms with E-state index in [4.69, 9.17) is 0 Å². The minimum atomic E-state index is -0.214. The fraction of sp³-hybridized carbons (Fsp3) is 0.421. The number of carbonyl (C=O) groups excluding carboxylic acids is 2. The first kappa shape index (κ1) is 18.5. The van der Waals surface area contributed by atoms with Crippen LogP contribution >= 0.6 is 11.3 Å². The Morgan fingerprint density at radius 2 is 2.12 bits per heavy atom. The second kappa shape index (κ2) is 8.42. The molecule has 138 valence electrons. The smallest absolute Gasteiger partial charge is 0.270 e. The quantitative estimate of drug-likeness (QED) is 0.818. The molecule has 1 atom stereocenters. The topological polar surface area (TPSA) is 74.3 Å². The van der Waals surface area contributed by atoms with Gasteiger partial charge in [0, 0.05) is 23.5 Å². The van der Waals surface area contributed by atoms with Crippen molar-refractivity contribution in [3.8, 4) is 0 Å². The minimum Gasteiger partial charge on any atom is -0.349 e. The van der Waals surface area contributed by atoms with Gasteiger partial charge in [-0.1, -0.05) is 25.1 Å². The number of likely N-dealkylation sites (N-methyl/N-ethyl adjacent to an activating group) is 1. The van der Waals surface area contributed by atoms with Crippen LogP contribution in [0.25, 0.3) is 0 Å². The van der Waals surface area contributed by atoms with Gasteiger partial charge in [-0.05, 0) is 44.5 Å². The maximum absolute atomic E-state index is 12.3. The van der Waals surface area contributed by atoms with Crippen LogP contribution < -0.4 is 10.6 Å². The fourth-order valence-electron chi connectivity index (χ4n) is 3.27. The van der Waals surface area contributed by atoms with Crippen molar-refractivity contribution >= 4 is 28.3 Å². The number of nitrogens with zero attached hydrogens (tertiary/aromatic N) is 2. The molecule has 0 unspecified atom stereocenters. The fourth-order valence-corrected chi connectivity index (χ4v) is 3.96. The van der Waals surface area contributed by atoms with Crippen LogP contribution in [-0.2, 0) is 0 Å². The van der Waals surface area contributed by atoms with Crippen molar-refractivity contribution in [3.63, 3.8) is 0 Å². The lowest BCUT2D eigenvalue weighted by molar-refractivity contribution is 0.0935. The summed E-state index contributed by atoms with van der Waals surface area (Å²) in [6.45, 7) is 6.77. The zero-order valence-corrected chi connectivity index (χ0v) is 15.9. The Hall–Kier alpha value is -2.25. The molecule has 2 N–H and O–H groups in total. The number of carbonyl (C=O) groups is 2. The largest absolute Gasteiger partial charge is 0.349 e. The lowest BCUT2D eigenvalue weighted by atomic mass is 10.1. The molecule has 0 spiro atoms. The number of amides is 2. The summed E-state index contributed by atoms with van der Waals surface area (Å²) in [4.78, 5) is 31.3. The highest BCUT2D eigenvalue weighted by molar-refractivity contribution is 7.14. The minimum absolute atomic E-state index is 0.194. The average molecular weight is 372 g/mol. The first-order valence-electron chi connectivity index (χ1n) is 8.93. The molecule has 3 rings (SSSR count). The lowest BCUT2D eigenvalue weighted by Gasteiger charge is -2.22. The van der Waals surface area contributed by atoms with E-state index in [-0.39, 0.29) is 11.8 Å². The Labute approximate surface area is 157 Å². The predicted octanol–water partition coefficient (Wildman–Crippen LogP) is 2.92. The van der Waals surface area contributed by atoms with Gasteiger partial charge in [0.25, 0.3) is 11.8 Å². The highest BCUT2D eigenvalue weighted by Gasteiger charge is 2.23. The number of benzene rings is 1. The summed E-state index contributed by atoms with van der Waals surface area (Å²) in [5.74, 6) is -0.408. The number of aryl methyl sites for hydroxylation is 1. The molecule has 2 aromatic rings. The molecule has 26 heavy (non-hydrogen) atoms. The summed E-state index contributed by atoms with van der Waals surface area (Å²) in [6, 6.07) is 7.78. The first-order valence-corrected chi connectivity index (χ1v) is 9.81.